The van der Waals surface area contributed by atoms with E-state index in [1.807, 2.05) is 0 Å². The van der Waals surface area contributed by atoms with Crippen molar-refractivity contribution in [2.24, 2.45) is 5.73 Å². The van der Waals surface area contributed by atoms with E-state index in [1.165, 1.54) is 6.07 Å². The van der Waals surface area contributed by atoms with E-state index in [4.69, 9.17) is 15.5 Å². The molecule has 1 saturated heterocycles. The van der Waals surface area contributed by atoms with Crippen LogP contribution in [0.5, 0.6) is 0 Å². The number of fused-ring (bicyclic) bond motifs is 1. The van der Waals surface area contributed by atoms with Crippen LogP contribution in [-0.4, -0.2) is 29.3 Å². The molecule has 0 atom stereocenters. The number of hydrogen-bond donors (Lipinski definition) is 1. The van der Waals surface area contributed by atoms with Crippen molar-refractivity contribution in [3.63, 3.8) is 0 Å². The second-order valence-electron chi connectivity index (χ2n) is 6.13. The van der Waals surface area contributed by atoms with Crippen molar-refractivity contribution in [2.45, 2.75) is 38.1 Å². The molecule has 2 N–H and O–H groups in total. The smallest absolute Gasteiger partial charge is 0.125 e. The van der Waals surface area contributed by atoms with Gasteiger partial charge in [0.15, 0.2) is 0 Å². The lowest BCUT2D eigenvalue weighted by molar-refractivity contribution is 0.0485. The maximum atomic E-state index is 13.6. The van der Waals surface area contributed by atoms with Gasteiger partial charge in [-0.05, 0) is 44.9 Å². The van der Waals surface area contributed by atoms with Crippen LogP contribution in [0.3, 0.4) is 0 Å². The van der Waals surface area contributed by atoms with Crippen molar-refractivity contribution in [2.75, 3.05) is 19.8 Å². The highest BCUT2D eigenvalue weighted by molar-refractivity contribution is 5.76. The van der Waals surface area contributed by atoms with Crippen molar-refractivity contribution in [1.29, 1.82) is 0 Å². The predicted octanol–water partition coefficient (Wildman–Crippen LogP) is 2.76. The minimum atomic E-state index is -0.232. The Balaban J connectivity index is 2.23. The topological polar surface area (TPSA) is 53.1 Å². The van der Waals surface area contributed by atoms with Gasteiger partial charge >= 0.3 is 0 Å². The van der Waals surface area contributed by atoms with Gasteiger partial charge in [0.1, 0.15) is 11.6 Å². The van der Waals surface area contributed by atoms with Crippen LogP contribution in [0.15, 0.2) is 18.2 Å². The molecule has 21 heavy (non-hydrogen) atoms. The summed E-state index contributed by atoms with van der Waals surface area (Å²) in [7, 11) is 0. The molecule has 1 aliphatic rings. The van der Waals surface area contributed by atoms with Crippen LogP contribution in [0.2, 0.25) is 0 Å². The summed E-state index contributed by atoms with van der Waals surface area (Å²) in [6, 6.07) is 4.98. The average Bonchev–Trinajstić information content (AvgIpc) is 2.87. The zero-order valence-electron chi connectivity index (χ0n) is 12.6. The molecule has 1 aromatic carbocycles. The number of halogens is 1. The minimum absolute atomic E-state index is 0.169. The Morgan fingerprint density at radius 2 is 2.10 bits per heavy atom. The Labute approximate surface area is 124 Å². The molecule has 1 aromatic heterocycles. The molecule has 0 radical (unpaired) electrons. The maximum absolute atomic E-state index is 13.6. The third kappa shape index (κ3) is 2.34. The minimum Gasteiger partial charge on any atom is -0.381 e. The van der Waals surface area contributed by atoms with Gasteiger partial charge in [-0.3, -0.25) is 0 Å². The zero-order chi connectivity index (χ0) is 15.0. The average molecular weight is 291 g/mol. The lowest BCUT2D eigenvalue weighted by Gasteiger charge is -2.36. The standard InChI is InChI=1S/C16H22FN3O/c1-11(2)20-14-9-12(17)3-4-13(14)19-15(20)16(10-18)5-7-21-8-6-16/h3-4,9,11H,5-8,10,18H2,1-2H3. The van der Waals surface area contributed by atoms with E-state index in [-0.39, 0.29) is 17.3 Å². The van der Waals surface area contributed by atoms with Crippen LogP contribution < -0.4 is 5.73 Å². The van der Waals surface area contributed by atoms with Crippen molar-refractivity contribution >= 4 is 11.0 Å². The van der Waals surface area contributed by atoms with Gasteiger partial charge in [-0.1, -0.05) is 0 Å². The second kappa shape index (κ2) is 5.39. The van der Waals surface area contributed by atoms with Gasteiger partial charge in [-0.2, -0.15) is 0 Å². The van der Waals surface area contributed by atoms with Gasteiger partial charge in [-0.15, -0.1) is 0 Å². The largest absolute Gasteiger partial charge is 0.381 e. The highest BCUT2D eigenvalue weighted by Gasteiger charge is 2.38. The summed E-state index contributed by atoms with van der Waals surface area (Å²) in [5, 5.41) is 0. The number of imidazole rings is 1. The molecule has 0 saturated carbocycles. The number of nitrogens with two attached hydrogens (primary N) is 1. The molecule has 2 heterocycles. The summed E-state index contributed by atoms with van der Waals surface area (Å²) in [6.07, 6.45) is 1.73. The Kier molecular flexibility index (Phi) is 3.71. The molecule has 1 aliphatic heterocycles. The number of ether oxygens (including phenoxy) is 1. The fourth-order valence-electron chi connectivity index (χ4n) is 3.24. The molecule has 1 fully saturated rings. The molecule has 0 bridgehead atoms. The molecule has 5 heteroatoms. The second-order valence-corrected chi connectivity index (χ2v) is 6.13. The maximum Gasteiger partial charge on any atom is 0.125 e. The summed E-state index contributed by atoms with van der Waals surface area (Å²) in [5.74, 6) is 0.744. The van der Waals surface area contributed by atoms with Crippen molar-refractivity contribution in [3.8, 4) is 0 Å². The van der Waals surface area contributed by atoms with Crippen LogP contribution in [0.4, 0.5) is 4.39 Å². The third-order valence-electron chi connectivity index (χ3n) is 4.48. The highest BCUT2D eigenvalue weighted by atomic mass is 19.1. The lowest BCUT2D eigenvalue weighted by atomic mass is 9.79. The Morgan fingerprint density at radius 1 is 1.38 bits per heavy atom. The first kappa shape index (κ1) is 14.5. The predicted molar refractivity (Wildman–Crippen MR) is 80.9 cm³/mol. The number of nitrogens with zero attached hydrogens (tertiary/aromatic N) is 2. The van der Waals surface area contributed by atoms with Crippen molar-refractivity contribution < 1.29 is 9.13 Å². The van der Waals surface area contributed by atoms with E-state index in [2.05, 4.69) is 18.4 Å². The number of benzene rings is 1. The van der Waals surface area contributed by atoms with Crippen LogP contribution in [0.25, 0.3) is 11.0 Å². The first-order valence-electron chi connectivity index (χ1n) is 7.53. The summed E-state index contributed by atoms with van der Waals surface area (Å²) in [6.45, 7) is 6.13. The van der Waals surface area contributed by atoms with E-state index in [0.717, 1.165) is 29.7 Å². The van der Waals surface area contributed by atoms with Crippen molar-refractivity contribution in [3.05, 3.63) is 29.8 Å². The van der Waals surface area contributed by atoms with E-state index in [0.29, 0.717) is 19.8 Å². The van der Waals surface area contributed by atoms with Gasteiger partial charge in [-0.25, -0.2) is 9.37 Å². The van der Waals surface area contributed by atoms with E-state index >= 15 is 0 Å². The molecule has 3 rings (SSSR count). The number of rotatable bonds is 3. The van der Waals surface area contributed by atoms with Gasteiger partial charge in [0.25, 0.3) is 0 Å². The summed E-state index contributed by atoms with van der Waals surface area (Å²) >= 11 is 0. The number of aromatic nitrogens is 2. The molecule has 0 spiro atoms. The molecular weight excluding hydrogens is 269 g/mol. The lowest BCUT2D eigenvalue weighted by Crippen LogP contribution is -2.43. The van der Waals surface area contributed by atoms with Crippen LogP contribution in [0.1, 0.15) is 38.6 Å². The third-order valence-corrected chi connectivity index (χ3v) is 4.48. The normalized spacial score (nSPS) is 18.5. The summed E-state index contributed by atoms with van der Waals surface area (Å²) < 4.78 is 21.2. The molecule has 114 valence electrons. The SMILES string of the molecule is CC(C)n1c(C2(CN)CCOCC2)nc2ccc(F)cc21. The molecular formula is C16H22FN3O. The monoisotopic (exact) mass is 291 g/mol. The first-order valence-corrected chi connectivity index (χ1v) is 7.53. The van der Waals surface area contributed by atoms with Crippen molar-refractivity contribution in [1.82, 2.24) is 9.55 Å². The molecule has 4 nitrogen and oxygen atoms in total. The van der Waals surface area contributed by atoms with E-state index < -0.39 is 0 Å². The highest BCUT2D eigenvalue weighted by Crippen LogP contribution is 2.36. The quantitative estimate of drug-likeness (QED) is 0.946. The number of hydrogen-bond acceptors (Lipinski definition) is 3. The van der Waals surface area contributed by atoms with Gasteiger partial charge < -0.3 is 15.0 Å². The van der Waals surface area contributed by atoms with Gasteiger partial charge in [0.2, 0.25) is 0 Å². The summed E-state index contributed by atoms with van der Waals surface area (Å²) in [5.41, 5.74) is 7.62. The molecule has 0 aliphatic carbocycles. The van der Waals surface area contributed by atoms with Crippen LogP contribution >= 0.6 is 0 Å². The fourth-order valence-corrected chi connectivity index (χ4v) is 3.24. The Bertz CT molecular complexity index is 644. The van der Waals surface area contributed by atoms with E-state index in [1.54, 1.807) is 12.1 Å². The van der Waals surface area contributed by atoms with Gasteiger partial charge in [0.05, 0.1) is 11.0 Å². The molecule has 0 amide bonds. The fraction of sp³-hybridized carbons (Fsp3) is 0.562. The van der Waals surface area contributed by atoms with Crippen LogP contribution in [-0.2, 0) is 10.2 Å². The molecule has 2 aromatic rings. The van der Waals surface area contributed by atoms with E-state index in [9.17, 15) is 4.39 Å². The van der Waals surface area contributed by atoms with Crippen LogP contribution in [0, 0.1) is 5.82 Å². The summed E-state index contributed by atoms with van der Waals surface area (Å²) in [4.78, 5) is 4.80. The zero-order valence-corrected chi connectivity index (χ0v) is 12.6. The molecule has 0 unspecified atom stereocenters. The van der Waals surface area contributed by atoms with Gasteiger partial charge in [0, 0.05) is 31.2 Å². The Morgan fingerprint density at radius 3 is 2.71 bits per heavy atom. The first-order chi connectivity index (χ1) is 10.1. The Hall–Kier alpha value is -1.46.